The minimum Gasteiger partial charge on any atom is -0.459 e. The van der Waals surface area contributed by atoms with E-state index in [1.165, 1.54) is 0 Å². The van der Waals surface area contributed by atoms with E-state index in [1.54, 1.807) is 6.26 Å². The van der Waals surface area contributed by atoms with Crippen LogP contribution in [0.2, 0.25) is 0 Å². The summed E-state index contributed by atoms with van der Waals surface area (Å²) in [5.74, 6) is 3.10. The van der Waals surface area contributed by atoms with Crippen molar-refractivity contribution >= 4 is 11.0 Å². The Morgan fingerprint density at radius 1 is 1.15 bits per heavy atom. The summed E-state index contributed by atoms with van der Waals surface area (Å²) in [6, 6.07) is 11.8. The molecule has 1 aliphatic rings. The lowest BCUT2D eigenvalue weighted by Gasteiger charge is -2.30. The molecule has 1 aliphatic heterocycles. The number of hydrogen-bond donors (Lipinski definition) is 1. The Bertz CT molecular complexity index is 971. The fraction of sp³-hybridized carbons (Fsp3) is 0.316. The molecule has 4 heterocycles. The first-order valence-corrected chi connectivity index (χ1v) is 8.88. The second-order valence-electron chi connectivity index (χ2n) is 6.69. The van der Waals surface area contributed by atoms with Crippen molar-refractivity contribution in [3.63, 3.8) is 0 Å². The van der Waals surface area contributed by atoms with Gasteiger partial charge in [0.2, 0.25) is 5.89 Å². The minimum absolute atomic E-state index is 0.392. The predicted octanol–water partition coefficient (Wildman–Crippen LogP) is 3.59. The molecule has 0 spiro atoms. The molecule has 7 heteroatoms. The van der Waals surface area contributed by atoms with Crippen LogP contribution in [0.4, 0.5) is 0 Å². The number of nitrogens with one attached hydrogen (secondary N) is 1. The number of imidazole rings is 1. The zero-order valence-electron chi connectivity index (χ0n) is 14.3. The van der Waals surface area contributed by atoms with E-state index >= 15 is 0 Å². The number of fused-ring (bicyclic) bond motifs is 1. The highest BCUT2D eigenvalue weighted by Crippen LogP contribution is 2.28. The number of nitrogens with zero attached hydrogens (tertiary/aromatic N) is 4. The highest BCUT2D eigenvalue weighted by Gasteiger charge is 2.25. The van der Waals surface area contributed by atoms with Crippen LogP contribution in [-0.4, -0.2) is 38.2 Å². The van der Waals surface area contributed by atoms with E-state index in [9.17, 15) is 0 Å². The number of likely N-dealkylation sites (tertiary alicyclic amines) is 1. The molecule has 1 fully saturated rings. The molecule has 1 atom stereocenters. The Labute approximate surface area is 150 Å². The molecule has 1 aromatic carbocycles. The van der Waals surface area contributed by atoms with Gasteiger partial charge in [-0.25, -0.2) is 4.98 Å². The van der Waals surface area contributed by atoms with Crippen molar-refractivity contribution in [3.05, 3.63) is 54.4 Å². The van der Waals surface area contributed by atoms with Gasteiger partial charge in [0.05, 0.1) is 23.8 Å². The molecule has 132 valence electrons. The maximum atomic E-state index is 5.74. The van der Waals surface area contributed by atoms with Gasteiger partial charge in [0.1, 0.15) is 5.82 Å². The summed E-state index contributed by atoms with van der Waals surface area (Å²) in [5.41, 5.74) is 2.12. The zero-order valence-corrected chi connectivity index (χ0v) is 14.3. The summed E-state index contributed by atoms with van der Waals surface area (Å²) in [4.78, 5) is 10.6. The first kappa shape index (κ1) is 15.3. The molecule has 1 N–H and O–H groups in total. The summed E-state index contributed by atoms with van der Waals surface area (Å²) in [7, 11) is 0. The number of aromatic nitrogens is 4. The van der Waals surface area contributed by atoms with E-state index in [-0.39, 0.29) is 0 Å². The van der Waals surface area contributed by atoms with Crippen molar-refractivity contribution in [3.8, 4) is 11.7 Å². The van der Waals surface area contributed by atoms with Crippen LogP contribution in [0, 0.1) is 0 Å². The molecule has 0 bridgehead atoms. The third-order valence-corrected chi connectivity index (χ3v) is 4.86. The third kappa shape index (κ3) is 2.90. The fourth-order valence-corrected chi connectivity index (χ4v) is 3.60. The maximum Gasteiger partial charge on any atom is 0.283 e. The standard InChI is InChI=1S/C19H19N5O2/c1-2-7-15-14(6-1)20-18(21-15)13-5-3-9-24(11-13)12-17-22-23-19(26-17)16-8-4-10-25-16/h1-2,4,6-8,10,13H,3,5,9,11-12H2,(H,20,21). The lowest BCUT2D eigenvalue weighted by molar-refractivity contribution is 0.181. The zero-order chi connectivity index (χ0) is 17.3. The van der Waals surface area contributed by atoms with Gasteiger partial charge in [0, 0.05) is 12.5 Å². The Morgan fingerprint density at radius 2 is 2.12 bits per heavy atom. The van der Waals surface area contributed by atoms with Crippen LogP contribution >= 0.6 is 0 Å². The molecular formula is C19H19N5O2. The van der Waals surface area contributed by atoms with Crippen molar-refractivity contribution in [1.29, 1.82) is 0 Å². The van der Waals surface area contributed by atoms with E-state index in [0.717, 1.165) is 42.8 Å². The average molecular weight is 349 g/mol. The van der Waals surface area contributed by atoms with E-state index in [2.05, 4.69) is 26.1 Å². The number of H-pyrrole nitrogens is 1. The topological polar surface area (TPSA) is 84.0 Å². The van der Waals surface area contributed by atoms with Crippen LogP contribution in [0.1, 0.15) is 30.5 Å². The van der Waals surface area contributed by atoms with E-state index in [0.29, 0.717) is 30.0 Å². The largest absolute Gasteiger partial charge is 0.459 e. The quantitative estimate of drug-likeness (QED) is 0.606. The van der Waals surface area contributed by atoms with Gasteiger partial charge in [-0.3, -0.25) is 4.90 Å². The molecule has 0 saturated carbocycles. The number of rotatable bonds is 4. The van der Waals surface area contributed by atoms with Gasteiger partial charge in [-0.1, -0.05) is 12.1 Å². The lowest BCUT2D eigenvalue weighted by Crippen LogP contribution is -2.34. The number of para-hydroxylation sites is 2. The van der Waals surface area contributed by atoms with Crippen molar-refractivity contribution < 1.29 is 8.83 Å². The van der Waals surface area contributed by atoms with Gasteiger partial charge >= 0.3 is 0 Å². The van der Waals surface area contributed by atoms with Gasteiger partial charge < -0.3 is 13.8 Å². The summed E-state index contributed by atoms with van der Waals surface area (Å²) < 4.78 is 11.0. The molecule has 4 aromatic rings. The van der Waals surface area contributed by atoms with E-state index < -0.39 is 0 Å². The van der Waals surface area contributed by atoms with Crippen LogP contribution in [0.5, 0.6) is 0 Å². The van der Waals surface area contributed by atoms with Crippen molar-refractivity contribution in [2.45, 2.75) is 25.3 Å². The summed E-state index contributed by atoms with van der Waals surface area (Å²) in [6.45, 7) is 2.60. The van der Waals surface area contributed by atoms with Crippen LogP contribution < -0.4 is 0 Å². The molecular weight excluding hydrogens is 330 g/mol. The number of hydrogen-bond acceptors (Lipinski definition) is 6. The second-order valence-corrected chi connectivity index (χ2v) is 6.69. The van der Waals surface area contributed by atoms with Crippen LogP contribution in [0.3, 0.4) is 0 Å². The fourth-order valence-electron chi connectivity index (χ4n) is 3.60. The normalized spacial score (nSPS) is 18.5. The number of benzene rings is 1. The van der Waals surface area contributed by atoms with Gasteiger partial charge in [0.25, 0.3) is 5.89 Å². The summed E-state index contributed by atoms with van der Waals surface area (Å²) in [5, 5.41) is 8.23. The second kappa shape index (κ2) is 6.42. The number of aromatic amines is 1. The molecule has 5 rings (SSSR count). The third-order valence-electron chi connectivity index (χ3n) is 4.86. The minimum atomic E-state index is 0.392. The molecule has 0 radical (unpaired) electrons. The Kier molecular flexibility index (Phi) is 3.79. The highest BCUT2D eigenvalue weighted by molar-refractivity contribution is 5.74. The van der Waals surface area contributed by atoms with Crippen molar-refractivity contribution in [1.82, 2.24) is 25.1 Å². The van der Waals surface area contributed by atoms with Gasteiger partial charge in [-0.15, -0.1) is 10.2 Å². The monoisotopic (exact) mass is 349 g/mol. The molecule has 0 amide bonds. The Hall–Kier alpha value is -2.93. The molecule has 0 aliphatic carbocycles. The van der Waals surface area contributed by atoms with Crippen LogP contribution in [0.15, 0.2) is 51.5 Å². The molecule has 3 aromatic heterocycles. The van der Waals surface area contributed by atoms with Crippen molar-refractivity contribution in [2.75, 3.05) is 13.1 Å². The molecule has 7 nitrogen and oxygen atoms in total. The first-order valence-electron chi connectivity index (χ1n) is 8.88. The van der Waals surface area contributed by atoms with Gasteiger partial charge in [-0.2, -0.15) is 0 Å². The Morgan fingerprint density at radius 3 is 3.00 bits per heavy atom. The highest BCUT2D eigenvalue weighted by atomic mass is 16.4. The SMILES string of the molecule is c1coc(-c2nnc(CN3CCCC(c4nc5ccccc5[nH]4)C3)o2)c1. The number of furan rings is 1. The molecule has 1 saturated heterocycles. The molecule has 1 unspecified atom stereocenters. The maximum absolute atomic E-state index is 5.74. The summed E-state index contributed by atoms with van der Waals surface area (Å²) in [6.07, 6.45) is 3.86. The van der Waals surface area contributed by atoms with Gasteiger partial charge in [0.15, 0.2) is 5.76 Å². The van der Waals surface area contributed by atoms with Crippen LogP contribution in [-0.2, 0) is 6.54 Å². The van der Waals surface area contributed by atoms with Crippen LogP contribution in [0.25, 0.3) is 22.7 Å². The van der Waals surface area contributed by atoms with E-state index in [1.807, 2.05) is 30.3 Å². The smallest absolute Gasteiger partial charge is 0.283 e. The predicted molar refractivity (Wildman–Crippen MR) is 95.3 cm³/mol. The summed E-state index contributed by atoms with van der Waals surface area (Å²) >= 11 is 0. The first-order chi connectivity index (χ1) is 12.8. The molecule has 26 heavy (non-hydrogen) atoms. The van der Waals surface area contributed by atoms with Crippen molar-refractivity contribution in [2.24, 2.45) is 0 Å². The van der Waals surface area contributed by atoms with Gasteiger partial charge in [-0.05, 0) is 43.7 Å². The lowest BCUT2D eigenvalue weighted by atomic mass is 9.97. The van der Waals surface area contributed by atoms with E-state index in [4.69, 9.17) is 13.8 Å². The Balaban J connectivity index is 1.30. The average Bonchev–Trinajstić information content (AvgIpc) is 3.41. The number of piperidine rings is 1.